The van der Waals surface area contributed by atoms with E-state index in [1.54, 1.807) is 19.1 Å². The van der Waals surface area contributed by atoms with Crippen molar-refractivity contribution in [2.75, 3.05) is 5.32 Å². The molecule has 0 aliphatic carbocycles. The average molecular weight is 255 g/mol. The van der Waals surface area contributed by atoms with Crippen molar-refractivity contribution in [3.05, 3.63) is 28.8 Å². The highest BCUT2D eigenvalue weighted by Gasteiger charge is 2.13. The van der Waals surface area contributed by atoms with Crippen LogP contribution in [0.2, 0.25) is 5.02 Å². The van der Waals surface area contributed by atoms with E-state index in [2.05, 4.69) is 10.6 Å². The standard InChI is InChI=1S/C12H15ClN2O2/c1-7-4-5-10(6-11(7)13)15-12(17)8(2)14-9(3)16/h4-6,8H,1-3H3,(H,14,16)(H,15,17)/t8-/m1/s1. The van der Waals surface area contributed by atoms with Crippen molar-refractivity contribution in [1.29, 1.82) is 0 Å². The smallest absolute Gasteiger partial charge is 0.246 e. The van der Waals surface area contributed by atoms with Gasteiger partial charge in [-0.1, -0.05) is 17.7 Å². The lowest BCUT2D eigenvalue weighted by Gasteiger charge is -2.13. The van der Waals surface area contributed by atoms with Crippen LogP contribution in [-0.4, -0.2) is 17.9 Å². The molecular formula is C12H15ClN2O2. The molecule has 0 radical (unpaired) electrons. The number of amides is 2. The van der Waals surface area contributed by atoms with Crippen molar-refractivity contribution in [3.63, 3.8) is 0 Å². The largest absolute Gasteiger partial charge is 0.345 e. The Morgan fingerprint density at radius 2 is 2.00 bits per heavy atom. The van der Waals surface area contributed by atoms with Crippen LogP contribution in [0.5, 0.6) is 0 Å². The van der Waals surface area contributed by atoms with Gasteiger partial charge in [0.15, 0.2) is 0 Å². The van der Waals surface area contributed by atoms with E-state index in [9.17, 15) is 9.59 Å². The summed E-state index contributed by atoms with van der Waals surface area (Å²) in [5.41, 5.74) is 1.56. The summed E-state index contributed by atoms with van der Waals surface area (Å²) in [6, 6.07) is 4.68. The molecule has 1 aromatic carbocycles. The second-order valence-electron chi connectivity index (χ2n) is 3.88. The number of benzene rings is 1. The van der Waals surface area contributed by atoms with Gasteiger partial charge in [-0.2, -0.15) is 0 Å². The Bertz CT molecular complexity index is 446. The van der Waals surface area contributed by atoms with Crippen molar-refractivity contribution < 1.29 is 9.59 Å². The zero-order valence-electron chi connectivity index (χ0n) is 10.0. The van der Waals surface area contributed by atoms with Crippen LogP contribution in [0.15, 0.2) is 18.2 Å². The molecule has 0 aliphatic rings. The molecule has 1 atom stereocenters. The zero-order valence-corrected chi connectivity index (χ0v) is 10.8. The van der Waals surface area contributed by atoms with Crippen molar-refractivity contribution in [2.24, 2.45) is 0 Å². The summed E-state index contributed by atoms with van der Waals surface area (Å²) >= 11 is 5.94. The first-order valence-corrected chi connectivity index (χ1v) is 5.62. The third kappa shape index (κ3) is 4.07. The highest BCUT2D eigenvalue weighted by Crippen LogP contribution is 2.19. The molecule has 2 N–H and O–H groups in total. The first-order chi connectivity index (χ1) is 7.90. The summed E-state index contributed by atoms with van der Waals surface area (Å²) < 4.78 is 0. The predicted molar refractivity (Wildman–Crippen MR) is 68.1 cm³/mol. The summed E-state index contributed by atoms with van der Waals surface area (Å²) in [4.78, 5) is 22.5. The number of nitrogens with one attached hydrogen (secondary N) is 2. The minimum atomic E-state index is -0.576. The topological polar surface area (TPSA) is 58.2 Å². The minimum Gasteiger partial charge on any atom is -0.345 e. The number of rotatable bonds is 3. The molecule has 1 aromatic rings. The lowest BCUT2D eigenvalue weighted by Crippen LogP contribution is -2.40. The molecule has 0 spiro atoms. The van der Waals surface area contributed by atoms with Gasteiger partial charge in [0, 0.05) is 17.6 Å². The Kier molecular flexibility index (Phi) is 4.52. The molecule has 4 nitrogen and oxygen atoms in total. The zero-order chi connectivity index (χ0) is 13.0. The molecule has 0 fully saturated rings. The van der Waals surface area contributed by atoms with Gasteiger partial charge in [-0.15, -0.1) is 0 Å². The maximum atomic E-state index is 11.7. The van der Waals surface area contributed by atoms with E-state index in [0.717, 1.165) is 5.56 Å². The van der Waals surface area contributed by atoms with E-state index >= 15 is 0 Å². The van der Waals surface area contributed by atoms with Gasteiger partial charge >= 0.3 is 0 Å². The number of halogens is 1. The Hall–Kier alpha value is -1.55. The molecule has 92 valence electrons. The molecular weight excluding hydrogens is 240 g/mol. The number of hydrogen-bond acceptors (Lipinski definition) is 2. The Morgan fingerprint density at radius 3 is 2.53 bits per heavy atom. The summed E-state index contributed by atoms with van der Waals surface area (Å²) in [6.07, 6.45) is 0. The lowest BCUT2D eigenvalue weighted by molar-refractivity contribution is -0.124. The van der Waals surface area contributed by atoms with Crippen LogP contribution in [0, 0.1) is 6.92 Å². The van der Waals surface area contributed by atoms with Crippen molar-refractivity contribution in [3.8, 4) is 0 Å². The van der Waals surface area contributed by atoms with Crippen LogP contribution in [0.1, 0.15) is 19.4 Å². The summed E-state index contributed by atoms with van der Waals surface area (Å²) in [6.45, 7) is 4.87. The van der Waals surface area contributed by atoms with Gasteiger partial charge < -0.3 is 10.6 Å². The third-order valence-corrected chi connectivity index (χ3v) is 2.66. The monoisotopic (exact) mass is 254 g/mol. The van der Waals surface area contributed by atoms with Gasteiger partial charge in [-0.05, 0) is 31.5 Å². The fourth-order valence-corrected chi connectivity index (χ4v) is 1.47. The first-order valence-electron chi connectivity index (χ1n) is 5.24. The van der Waals surface area contributed by atoms with Crippen LogP contribution < -0.4 is 10.6 Å². The quantitative estimate of drug-likeness (QED) is 0.868. The maximum Gasteiger partial charge on any atom is 0.246 e. The van der Waals surface area contributed by atoms with Gasteiger partial charge in [0.05, 0.1) is 0 Å². The average Bonchev–Trinajstić information content (AvgIpc) is 2.22. The normalized spacial score (nSPS) is 11.8. The fraction of sp³-hybridized carbons (Fsp3) is 0.333. The number of carbonyl (C=O) groups excluding carboxylic acids is 2. The number of anilines is 1. The molecule has 0 aromatic heterocycles. The number of hydrogen-bond donors (Lipinski definition) is 2. The maximum absolute atomic E-state index is 11.7. The van der Waals surface area contributed by atoms with E-state index in [-0.39, 0.29) is 11.8 Å². The summed E-state index contributed by atoms with van der Waals surface area (Å²) in [5.74, 6) is -0.519. The van der Waals surface area contributed by atoms with Crippen molar-refractivity contribution in [1.82, 2.24) is 5.32 Å². The van der Waals surface area contributed by atoms with E-state index in [1.807, 2.05) is 13.0 Å². The molecule has 17 heavy (non-hydrogen) atoms. The molecule has 1 rings (SSSR count). The van der Waals surface area contributed by atoms with Crippen LogP contribution >= 0.6 is 11.6 Å². The summed E-state index contributed by atoms with van der Waals surface area (Å²) in [5, 5.41) is 5.77. The van der Waals surface area contributed by atoms with Gasteiger partial charge in [-0.25, -0.2) is 0 Å². The first kappa shape index (κ1) is 13.5. The van der Waals surface area contributed by atoms with E-state index in [4.69, 9.17) is 11.6 Å². The van der Waals surface area contributed by atoms with Gasteiger partial charge in [0.1, 0.15) is 6.04 Å². The van der Waals surface area contributed by atoms with Crippen molar-refractivity contribution >= 4 is 29.1 Å². The molecule has 5 heteroatoms. The molecule has 0 unspecified atom stereocenters. The molecule has 0 aliphatic heterocycles. The van der Waals surface area contributed by atoms with Crippen LogP contribution in [0.4, 0.5) is 5.69 Å². The van der Waals surface area contributed by atoms with Crippen LogP contribution in [0.3, 0.4) is 0 Å². The number of carbonyl (C=O) groups is 2. The van der Waals surface area contributed by atoms with Gasteiger partial charge in [0.2, 0.25) is 11.8 Å². The van der Waals surface area contributed by atoms with E-state index in [1.165, 1.54) is 6.92 Å². The lowest BCUT2D eigenvalue weighted by atomic mass is 10.2. The Labute approximate surface area is 105 Å². The van der Waals surface area contributed by atoms with Crippen molar-refractivity contribution in [2.45, 2.75) is 26.8 Å². The molecule has 0 heterocycles. The molecule has 0 saturated carbocycles. The summed E-state index contributed by atoms with van der Waals surface area (Å²) in [7, 11) is 0. The number of aryl methyl sites for hydroxylation is 1. The predicted octanol–water partition coefficient (Wildman–Crippen LogP) is 2.11. The highest BCUT2D eigenvalue weighted by atomic mass is 35.5. The van der Waals surface area contributed by atoms with Crippen LogP contribution in [-0.2, 0) is 9.59 Å². The van der Waals surface area contributed by atoms with Gasteiger partial charge in [0.25, 0.3) is 0 Å². The molecule has 0 saturated heterocycles. The Balaban J connectivity index is 2.67. The minimum absolute atomic E-state index is 0.241. The van der Waals surface area contributed by atoms with E-state index < -0.39 is 6.04 Å². The Morgan fingerprint density at radius 1 is 1.35 bits per heavy atom. The second-order valence-corrected chi connectivity index (χ2v) is 4.28. The fourth-order valence-electron chi connectivity index (χ4n) is 1.29. The van der Waals surface area contributed by atoms with E-state index in [0.29, 0.717) is 10.7 Å². The SMILES string of the molecule is CC(=O)N[C@H](C)C(=O)Nc1ccc(C)c(Cl)c1. The third-order valence-electron chi connectivity index (χ3n) is 2.25. The van der Waals surface area contributed by atoms with Crippen LogP contribution in [0.25, 0.3) is 0 Å². The highest BCUT2D eigenvalue weighted by molar-refractivity contribution is 6.31. The van der Waals surface area contributed by atoms with Gasteiger partial charge in [-0.3, -0.25) is 9.59 Å². The molecule has 0 bridgehead atoms. The molecule has 2 amide bonds. The second kappa shape index (κ2) is 5.68.